The molecule has 0 aromatic heterocycles. The molecule has 0 saturated carbocycles. The fourth-order valence-corrected chi connectivity index (χ4v) is 0.766. The van der Waals surface area contributed by atoms with Gasteiger partial charge >= 0.3 is 0 Å². The minimum absolute atomic E-state index is 1.24. The predicted octanol–water partition coefficient (Wildman–Crippen LogP) is 0.786. The molecule has 1 aliphatic carbocycles. The molecule has 10 heavy (non-hydrogen) atoms. The molecule has 1 aliphatic rings. The first-order chi connectivity index (χ1) is 4.69. The molecule has 1 N–H and O–H groups in total. The van der Waals surface area contributed by atoms with E-state index in [0.29, 0.717) is 0 Å². The Kier molecular flexibility index (Phi) is 1.87. The molecule has 2 unspecified atom stereocenters. The first-order valence-electron chi connectivity index (χ1n) is 2.96. The van der Waals surface area contributed by atoms with Gasteiger partial charge in [0.25, 0.3) is 0 Å². The molecular weight excluding hydrogens is 135 g/mol. The molecular formula is C7H9FO2. The van der Waals surface area contributed by atoms with Gasteiger partial charge in [-0.25, -0.2) is 4.39 Å². The molecule has 0 aromatic carbocycles. The van der Waals surface area contributed by atoms with Crippen LogP contribution in [0.15, 0.2) is 24.3 Å². The van der Waals surface area contributed by atoms with Crippen LogP contribution in [0.25, 0.3) is 0 Å². The summed E-state index contributed by atoms with van der Waals surface area (Å²) < 4.78 is 17.3. The van der Waals surface area contributed by atoms with Gasteiger partial charge in [-0.05, 0) is 12.2 Å². The average Bonchev–Trinajstić information content (AvgIpc) is 1.96. The molecule has 0 spiro atoms. The van der Waals surface area contributed by atoms with Crippen LogP contribution in [0.1, 0.15) is 0 Å². The number of ether oxygens (including phenoxy) is 1. The standard InChI is InChI=1S/C7H9FO2/c1-10-7(9)5-3-2-4-6(7)8/h2-6,9H,1H3. The van der Waals surface area contributed by atoms with Crippen LogP contribution in [0.2, 0.25) is 0 Å². The summed E-state index contributed by atoms with van der Waals surface area (Å²) in [5.74, 6) is -1.76. The summed E-state index contributed by atoms with van der Waals surface area (Å²) in [5.41, 5.74) is 0. The summed E-state index contributed by atoms with van der Waals surface area (Å²) in [6, 6.07) is 0. The predicted molar refractivity (Wildman–Crippen MR) is 35.1 cm³/mol. The Hall–Kier alpha value is -0.670. The monoisotopic (exact) mass is 144 g/mol. The number of hydrogen-bond acceptors (Lipinski definition) is 2. The Bertz CT molecular complexity index is 176. The van der Waals surface area contributed by atoms with Crippen molar-refractivity contribution in [2.75, 3.05) is 7.11 Å². The molecule has 0 aliphatic heterocycles. The van der Waals surface area contributed by atoms with Crippen LogP contribution in [0.5, 0.6) is 0 Å². The van der Waals surface area contributed by atoms with Crippen molar-refractivity contribution in [3.05, 3.63) is 24.3 Å². The molecule has 0 heterocycles. The van der Waals surface area contributed by atoms with Gasteiger partial charge in [-0.3, -0.25) is 0 Å². The molecule has 0 fully saturated rings. The van der Waals surface area contributed by atoms with Crippen LogP contribution in [-0.4, -0.2) is 24.2 Å². The van der Waals surface area contributed by atoms with Crippen molar-refractivity contribution in [3.63, 3.8) is 0 Å². The highest BCUT2D eigenvalue weighted by Gasteiger charge is 2.33. The van der Waals surface area contributed by atoms with Crippen LogP contribution in [0.3, 0.4) is 0 Å². The molecule has 0 aromatic rings. The van der Waals surface area contributed by atoms with Gasteiger partial charge in [-0.2, -0.15) is 0 Å². The second kappa shape index (κ2) is 2.52. The number of halogens is 1. The molecule has 2 nitrogen and oxygen atoms in total. The molecule has 0 amide bonds. The van der Waals surface area contributed by atoms with E-state index in [1.807, 2.05) is 0 Å². The van der Waals surface area contributed by atoms with Crippen LogP contribution in [0.4, 0.5) is 4.39 Å². The summed E-state index contributed by atoms with van der Waals surface area (Å²) in [5, 5.41) is 9.21. The van der Waals surface area contributed by atoms with E-state index < -0.39 is 12.0 Å². The summed E-state index contributed by atoms with van der Waals surface area (Å²) >= 11 is 0. The van der Waals surface area contributed by atoms with E-state index in [1.54, 1.807) is 6.08 Å². The Balaban J connectivity index is 2.77. The Labute approximate surface area is 58.6 Å². The lowest BCUT2D eigenvalue weighted by Gasteiger charge is -2.26. The third-order valence-corrected chi connectivity index (χ3v) is 1.45. The maximum atomic E-state index is 12.7. The fourth-order valence-electron chi connectivity index (χ4n) is 0.766. The molecule has 3 heteroatoms. The number of rotatable bonds is 1. The Morgan fingerprint density at radius 2 is 2.30 bits per heavy atom. The largest absolute Gasteiger partial charge is 0.360 e. The summed E-state index contributed by atoms with van der Waals surface area (Å²) in [6.45, 7) is 0. The lowest BCUT2D eigenvalue weighted by molar-refractivity contribution is -0.177. The van der Waals surface area contributed by atoms with Crippen molar-refractivity contribution < 1.29 is 14.2 Å². The maximum Gasteiger partial charge on any atom is 0.221 e. The Morgan fingerprint density at radius 1 is 1.60 bits per heavy atom. The van der Waals surface area contributed by atoms with Crippen LogP contribution >= 0.6 is 0 Å². The number of methoxy groups -OCH3 is 1. The van der Waals surface area contributed by atoms with Gasteiger partial charge in [0.1, 0.15) is 0 Å². The van der Waals surface area contributed by atoms with Crippen molar-refractivity contribution in [1.29, 1.82) is 0 Å². The third kappa shape index (κ3) is 1.10. The maximum absolute atomic E-state index is 12.7. The zero-order valence-electron chi connectivity index (χ0n) is 5.62. The first kappa shape index (κ1) is 7.44. The van der Waals surface area contributed by atoms with Gasteiger partial charge in [0.05, 0.1) is 0 Å². The topological polar surface area (TPSA) is 29.5 Å². The van der Waals surface area contributed by atoms with E-state index in [9.17, 15) is 9.50 Å². The van der Waals surface area contributed by atoms with Crippen molar-refractivity contribution in [3.8, 4) is 0 Å². The molecule has 1 rings (SSSR count). The Morgan fingerprint density at radius 3 is 2.70 bits per heavy atom. The zero-order valence-corrected chi connectivity index (χ0v) is 5.62. The molecule has 0 saturated heterocycles. The SMILES string of the molecule is COC1(O)C=CC=CC1F. The van der Waals surface area contributed by atoms with Crippen molar-refractivity contribution in [1.82, 2.24) is 0 Å². The average molecular weight is 144 g/mol. The lowest BCUT2D eigenvalue weighted by atomic mass is 10.1. The molecule has 0 bridgehead atoms. The van der Waals surface area contributed by atoms with Crippen molar-refractivity contribution in [2.45, 2.75) is 12.0 Å². The zero-order chi connectivity index (χ0) is 7.61. The fraction of sp³-hybridized carbons (Fsp3) is 0.429. The van der Waals surface area contributed by atoms with E-state index >= 15 is 0 Å². The van der Waals surface area contributed by atoms with E-state index in [-0.39, 0.29) is 0 Å². The van der Waals surface area contributed by atoms with Gasteiger partial charge in [0.2, 0.25) is 5.79 Å². The van der Waals surface area contributed by atoms with Gasteiger partial charge in [0, 0.05) is 7.11 Å². The summed E-state index contributed by atoms with van der Waals surface area (Å²) in [6.07, 6.45) is 4.11. The highest BCUT2D eigenvalue weighted by atomic mass is 19.1. The number of allylic oxidation sites excluding steroid dienone is 2. The minimum Gasteiger partial charge on any atom is -0.360 e. The smallest absolute Gasteiger partial charge is 0.221 e. The second-order valence-corrected chi connectivity index (χ2v) is 2.10. The van der Waals surface area contributed by atoms with Crippen LogP contribution in [-0.2, 0) is 4.74 Å². The summed E-state index contributed by atoms with van der Waals surface area (Å²) in [4.78, 5) is 0. The van der Waals surface area contributed by atoms with E-state index in [2.05, 4.69) is 4.74 Å². The number of hydrogen-bond donors (Lipinski definition) is 1. The molecule has 56 valence electrons. The second-order valence-electron chi connectivity index (χ2n) is 2.10. The van der Waals surface area contributed by atoms with Gasteiger partial charge in [-0.1, -0.05) is 12.2 Å². The quantitative estimate of drug-likeness (QED) is 0.551. The van der Waals surface area contributed by atoms with Crippen LogP contribution < -0.4 is 0 Å². The van der Waals surface area contributed by atoms with Gasteiger partial charge < -0.3 is 9.84 Å². The summed E-state index contributed by atoms with van der Waals surface area (Å²) in [7, 11) is 1.26. The minimum atomic E-state index is -1.76. The lowest BCUT2D eigenvalue weighted by Crippen LogP contribution is -2.39. The van der Waals surface area contributed by atoms with E-state index in [4.69, 9.17) is 0 Å². The van der Waals surface area contributed by atoms with Gasteiger partial charge in [-0.15, -0.1) is 0 Å². The number of alkyl halides is 1. The highest BCUT2D eigenvalue weighted by molar-refractivity contribution is 5.19. The van der Waals surface area contributed by atoms with Crippen LogP contribution in [0, 0.1) is 0 Å². The van der Waals surface area contributed by atoms with Crippen molar-refractivity contribution >= 4 is 0 Å². The van der Waals surface area contributed by atoms with Gasteiger partial charge in [0.15, 0.2) is 6.17 Å². The highest BCUT2D eigenvalue weighted by Crippen LogP contribution is 2.21. The van der Waals surface area contributed by atoms with E-state index in [1.165, 1.54) is 25.3 Å². The van der Waals surface area contributed by atoms with E-state index in [0.717, 1.165) is 0 Å². The first-order valence-corrected chi connectivity index (χ1v) is 2.96. The van der Waals surface area contributed by atoms with Crippen molar-refractivity contribution in [2.24, 2.45) is 0 Å². The number of aliphatic hydroxyl groups is 1. The molecule has 0 radical (unpaired) electrons. The molecule has 2 atom stereocenters. The normalized spacial score (nSPS) is 38.5. The third-order valence-electron chi connectivity index (χ3n) is 1.45.